The minimum atomic E-state index is -0.0207. The van der Waals surface area contributed by atoms with Crippen molar-refractivity contribution in [1.82, 2.24) is 0 Å². The minimum absolute atomic E-state index is 0. The van der Waals surface area contributed by atoms with Crippen LogP contribution in [0.2, 0.25) is 0 Å². The molecule has 0 heterocycles. The van der Waals surface area contributed by atoms with Gasteiger partial charge < -0.3 is 19.3 Å². The van der Waals surface area contributed by atoms with Gasteiger partial charge in [0.25, 0.3) is 0 Å². The van der Waals surface area contributed by atoms with Gasteiger partial charge in [-0.1, -0.05) is 42.1 Å². The van der Waals surface area contributed by atoms with Gasteiger partial charge in [0.1, 0.15) is 17.2 Å². The molecule has 156 valence electrons. The largest absolute Gasteiger partial charge is 1.00 e. The van der Waals surface area contributed by atoms with Crippen LogP contribution in [0.25, 0.3) is 33.4 Å². The van der Waals surface area contributed by atoms with E-state index in [1.54, 1.807) is 21.3 Å². The maximum atomic E-state index is 13.5. The second-order valence-electron chi connectivity index (χ2n) is 7.09. The third-order valence-electron chi connectivity index (χ3n) is 5.31. The van der Waals surface area contributed by atoms with Crippen molar-refractivity contribution in [3.05, 3.63) is 84.9 Å². The van der Waals surface area contributed by atoms with Crippen molar-refractivity contribution in [2.45, 2.75) is 0 Å². The fourth-order valence-electron chi connectivity index (χ4n) is 3.55. The molecule has 0 saturated heterocycles. The molecule has 4 aromatic carbocycles. The van der Waals surface area contributed by atoms with Crippen molar-refractivity contribution in [2.24, 2.45) is 0 Å². The maximum Gasteiger partial charge on any atom is 1.00 e. The predicted molar refractivity (Wildman–Crippen MR) is 122 cm³/mol. The molecule has 0 fully saturated rings. The van der Waals surface area contributed by atoms with Crippen LogP contribution in [-0.2, 0) is 0 Å². The monoisotopic (exact) mass is 418 g/mol. The summed E-state index contributed by atoms with van der Waals surface area (Å²) in [6, 6.07) is 26.8. The van der Waals surface area contributed by atoms with E-state index in [1.165, 1.54) is 0 Å². The molecule has 0 N–H and O–H groups in total. The second-order valence-corrected chi connectivity index (χ2v) is 7.09. The molecule has 5 heteroatoms. The summed E-state index contributed by atoms with van der Waals surface area (Å²) in [4.78, 5) is 0. The SMILES string of the molecule is COc1ccc(-c2cc(-c3ccc(OC)cc3)c([O-])c(-c3ccc(OC)cc3)c2)cc1.[Li+]. The van der Waals surface area contributed by atoms with Crippen molar-refractivity contribution < 1.29 is 38.2 Å². The molecule has 0 radical (unpaired) electrons. The minimum Gasteiger partial charge on any atom is -0.872 e. The first kappa shape index (κ1) is 23.3. The first-order valence-electron chi connectivity index (χ1n) is 9.91. The Balaban J connectivity index is 0.00000289. The number of benzene rings is 4. The molecule has 4 aromatic rings. The Kier molecular flexibility index (Phi) is 7.53. The predicted octanol–water partition coefficient (Wildman–Crippen LogP) is 2.79. The molecular weight excluding hydrogens is 395 g/mol. The molecule has 0 unspecified atom stereocenters. The Morgan fingerprint density at radius 3 is 1.09 bits per heavy atom. The van der Waals surface area contributed by atoms with Crippen LogP contribution in [0, 0.1) is 0 Å². The fourth-order valence-corrected chi connectivity index (χ4v) is 3.55. The van der Waals surface area contributed by atoms with E-state index in [1.807, 2.05) is 84.9 Å². The quantitative estimate of drug-likeness (QED) is 0.452. The molecule has 0 aliphatic heterocycles. The fraction of sp³-hybridized carbons (Fsp3) is 0.111. The van der Waals surface area contributed by atoms with Gasteiger partial charge in [0.15, 0.2) is 0 Å². The zero-order chi connectivity index (χ0) is 21.8. The van der Waals surface area contributed by atoms with E-state index < -0.39 is 0 Å². The van der Waals surface area contributed by atoms with Crippen LogP contribution in [0.15, 0.2) is 84.9 Å². The van der Waals surface area contributed by atoms with Crippen molar-refractivity contribution in [2.75, 3.05) is 21.3 Å². The van der Waals surface area contributed by atoms with Crippen LogP contribution in [0.5, 0.6) is 23.0 Å². The van der Waals surface area contributed by atoms with Crippen LogP contribution in [0.3, 0.4) is 0 Å². The first-order chi connectivity index (χ1) is 15.1. The van der Waals surface area contributed by atoms with E-state index in [0.717, 1.165) is 39.5 Å². The van der Waals surface area contributed by atoms with Crippen molar-refractivity contribution in [1.29, 1.82) is 0 Å². The normalized spacial score (nSPS) is 10.2. The molecule has 0 bridgehead atoms. The molecule has 0 aromatic heterocycles. The average molecular weight is 418 g/mol. The molecule has 4 rings (SSSR count). The van der Waals surface area contributed by atoms with Crippen LogP contribution in [0.4, 0.5) is 0 Å². The van der Waals surface area contributed by atoms with E-state index in [0.29, 0.717) is 11.1 Å². The summed E-state index contributed by atoms with van der Waals surface area (Å²) in [5.41, 5.74) is 4.93. The van der Waals surface area contributed by atoms with Crippen molar-refractivity contribution in [3.8, 4) is 56.4 Å². The molecule has 0 aliphatic carbocycles. The average Bonchev–Trinajstić information content (AvgIpc) is 2.84. The van der Waals surface area contributed by atoms with Gasteiger partial charge in [0.05, 0.1) is 21.3 Å². The summed E-state index contributed by atoms with van der Waals surface area (Å²) >= 11 is 0. The number of rotatable bonds is 6. The van der Waals surface area contributed by atoms with Crippen molar-refractivity contribution in [3.63, 3.8) is 0 Å². The number of ether oxygens (including phenoxy) is 3. The van der Waals surface area contributed by atoms with E-state index in [4.69, 9.17) is 14.2 Å². The van der Waals surface area contributed by atoms with Crippen LogP contribution in [0.1, 0.15) is 0 Å². The molecule has 0 aliphatic rings. The number of methoxy groups -OCH3 is 3. The summed E-state index contributed by atoms with van der Waals surface area (Å²) in [6.45, 7) is 0. The summed E-state index contributed by atoms with van der Waals surface area (Å²) in [5.74, 6) is 2.26. The Morgan fingerprint density at radius 1 is 0.469 bits per heavy atom. The molecule has 4 nitrogen and oxygen atoms in total. The second kappa shape index (κ2) is 10.3. The van der Waals surface area contributed by atoms with Crippen LogP contribution < -0.4 is 38.2 Å². The van der Waals surface area contributed by atoms with E-state index in [2.05, 4.69) is 0 Å². The number of hydrogen-bond donors (Lipinski definition) is 0. The summed E-state index contributed by atoms with van der Waals surface area (Å²) in [5, 5.41) is 13.5. The Hall–Kier alpha value is -3.32. The Labute approximate surface area is 200 Å². The van der Waals surface area contributed by atoms with Gasteiger partial charge in [-0.25, -0.2) is 0 Å². The molecule has 0 atom stereocenters. The third kappa shape index (κ3) is 4.78. The third-order valence-corrected chi connectivity index (χ3v) is 5.31. The summed E-state index contributed by atoms with van der Waals surface area (Å²) < 4.78 is 15.8. The van der Waals surface area contributed by atoms with E-state index in [-0.39, 0.29) is 24.6 Å². The van der Waals surface area contributed by atoms with Gasteiger partial charge in [0, 0.05) is 0 Å². The Morgan fingerprint density at radius 2 is 0.781 bits per heavy atom. The smallest absolute Gasteiger partial charge is 0.872 e. The van der Waals surface area contributed by atoms with Gasteiger partial charge >= 0.3 is 18.9 Å². The molecular formula is C27H23LiO4. The van der Waals surface area contributed by atoms with Crippen molar-refractivity contribution >= 4 is 0 Å². The van der Waals surface area contributed by atoms with Gasteiger partial charge in [-0.05, 0) is 81.9 Å². The number of hydrogen-bond acceptors (Lipinski definition) is 4. The van der Waals surface area contributed by atoms with E-state index in [9.17, 15) is 5.11 Å². The van der Waals surface area contributed by atoms with Gasteiger partial charge in [-0.2, -0.15) is 0 Å². The van der Waals surface area contributed by atoms with Gasteiger partial charge in [-0.3, -0.25) is 0 Å². The molecule has 32 heavy (non-hydrogen) atoms. The standard InChI is InChI=1S/C27H24O4.Li/c1-29-22-10-4-18(5-11-22)21-16-25(19-6-12-23(30-2)13-7-19)27(28)26(17-21)20-8-14-24(31-3)15-9-20;/h4-17,28H,1-3H3;/q;+1/p-1. The molecule has 0 saturated carbocycles. The van der Waals surface area contributed by atoms with Gasteiger partial charge in [-0.15, -0.1) is 0 Å². The first-order valence-corrected chi connectivity index (χ1v) is 9.91. The maximum absolute atomic E-state index is 13.5. The topological polar surface area (TPSA) is 50.8 Å². The van der Waals surface area contributed by atoms with E-state index >= 15 is 0 Å². The Bertz CT molecular complexity index is 1100. The zero-order valence-corrected chi connectivity index (χ0v) is 18.7. The zero-order valence-electron chi connectivity index (χ0n) is 18.7. The molecule has 0 amide bonds. The van der Waals surface area contributed by atoms with Gasteiger partial charge in [0.2, 0.25) is 0 Å². The summed E-state index contributed by atoms with van der Waals surface area (Å²) in [7, 11) is 4.89. The van der Waals surface area contributed by atoms with Crippen LogP contribution in [-0.4, -0.2) is 21.3 Å². The van der Waals surface area contributed by atoms with Crippen LogP contribution >= 0.6 is 0 Å². The molecule has 0 spiro atoms. The summed E-state index contributed by atoms with van der Waals surface area (Å²) in [6.07, 6.45) is 0.